The van der Waals surface area contributed by atoms with Gasteiger partial charge in [0, 0.05) is 0 Å². The summed E-state index contributed by atoms with van der Waals surface area (Å²) >= 11 is 0. The number of aliphatic hydroxyl groups excluding tert-OH is 1. The van der Waals surface area contributed by atoms with Gasteiger partial charge < -0.3 is 24.4 Å². The highest BCUT2D eigenvalue weighted by atomic mass is 16.8. The number of rotatable bonds is 1. The van der Waals surface area contributed by atoms with Crippen LogP contribution in [0.15, 0.2) is 0 Å². The van der Waals surface area contributed by atoms with Crippen molar-refractivity contribution in [2.75, 3.05) is 0 Å². The zero-order chi connectivity index (χ0) is 10.5. The Labute approximate surface area is 80.4 Å². The lowest BCUT2D eigenvalue weighted by Crippen LogP contribution is -2.38. The zero-order valence-electron chi connectivity index (χ0n) is 7.84. The first-order valence-corrected chi connectivity index (χ1v) is 4.33. The van der Waals surface area contributed by atoms with E-state index >= 15 is 0 Å². The number of carboxylic acid groups (broad SMARTS) is 1. The van der Waals surface area contributed by atoms with E-state index in [4.69, 9.17) is 19.3 Å². The lowest BCUT2D eigenvalue weighted by Gasteiger charge is -2.21. The number of hydrogen-bond acceptors (Lipinski definition) is 5. The molecule has 0 unspecified atom stereocenters. The third kappa shape index (κ3) is 1.40. The Morgan fingerprint density at radius 2 is 2.00 bits per heavy atom. The van der Waals surface area contributed by atoms with E-state index in [-0.39, 0.29) is 0 Å². The average Bonchev–Trinajstić information content (AvgIpc) is 2.46. The first kappa shape index (κ1) is 9.85. The summed E-state index contributed by atoms with van der Waals surface area (Å²) in [5.41, 5.74) is 0. The molecule has 0 spiro atoms. The summed E-state index contributed by atoms with van der Waals surface area (Å²) in [5.74, 6) is -2.04. The Morgan fingerprint density at radius 1 is 1.36 bits per heavy atom. The van der Waals surface area contributed by atoms with Crippen LogP contribution in [-0.4, -0.2) is 46.6 Å². The van der Waals surface area contributed by atoms with Gasteiger partial charge in [-0.05, 0) is 13.8 Å². The minimum absolute atomic E-state index is 0.717. The first-order valence-electron chi connectivity index (χ1n) is 4.33. The molecular formula is C8H12O6. The summed E-state index contributed by atoms with van der Waals surface area (Å²) in [7, 11) is 0. The van der Waals surface area contributed by atoms with Gasteiger partial charge in [0.2, 0.25) is 0 Å². The van der Waals surface area contributed by atoms with Gasteiger partial charge in [-0.1, -0.05) is 0 Å². The molecule has 0 radical (unpaired) electrons. The van der Waals surface area contributed by atoms with Crippen molar-refractivity contribution in [2.45, 2.75) is 44.2 Å². The van der Waals surface area contributed by atoms with Gasteiger partial charge in [-0.25, -0.2) is 4.79 Å². The van der Waals surface area contributed by atoms with E-state index in [0.717, 1.165) is 0 Å². The Kier molecular flexibility index (Phi) is 2.04. The highest BCUT2D eigenvalue weighted by Crippen LogP contribution is 2.37. The van der Waals surface area contributed by atoms with Crippen LogP contribution in [0.4, 0.5) is 0 Å². The number of carbonyl (C=O) groups is 1. The zero-order valence-corrected chi connectivity index (χ0v) is 7.84. The number of aliphatic hydroxyl groups is 1. The molecule has 2 aliphatic heterocycles. The molecule has 80 valence electrons. The second-order valence-electron chi connectivity index (χ2n) is 3.85. The van der Waals surface area contributed by atoms with Crippen LogP contribution in [0, 0.1) is 0 Å². The van der Waals surface area contributed by atoms with Gasteiger partial charge in [0.1, 0.15) is 12.2 Å². The molecule has 4 atom stereocenters. The molecule has 0 bridgehead atoms. The molecule has 0 saturated carbocycles. The van der Waals surface area contributed by atoms with Gasteiger partial charge in [0.25, 0.3) is 0 Å². The average molecular weight is 204 g/mol. The Morgan fingerprint density at radius 3 is 2.50 bits per heavy atom. The molecular weight excluding hydrogens is 192 g/mol. The fourth-order valence-corrected chi connectivity index (χ4v) is 1.70. The smallest absolute Gasteiger partial charge is 0.335 e. The summed E-state index contributed by atoms with van der Waals surface area (Å²) in [4.78, 5) is 10.6. The lowest BCUT2D eigenvalue weighted by atomic mass is 10.1. The summed E-state index contributed by atoms with van der Waals surface area (Å²) in [6.07, 6.45) is -3.95. The minimum atomic E-state index is -1.26. The predicted octanol–water partition coefficient (Wildman–Crippen LogP) is -0.692. The van der Waals surface area contributed by atoms with Crippen molar-refractivity contribution < 1.29 is 29.2 Å². The summed E-state index contributed by atoms with van der Waals surface area (Å²) in [6.45, 7) is 3.36. The predicted molar refractivity (Wildman–Crippen MR) is 42.3 cm³/mol. The molecule has 0 amide bonds. The standard InChI is InChI=1S/C8H12O6/c1-8(2)13-5-3(9)4(6(10)11)12-7(5)14-8/h3-5,7,9H,1-2H3,(H,10,11)/t3-,4+,5-,7-/m1/s1. The summed E-state index contributed by atoms with van der Waals surface area (Å²) in [5, 5.41) is 18.2. The third-order valence-electron chi connectivity index (χ3n) is 2.26. The molecule has 6 nitrogen and oxygen atoms in total. The number of carboxylic acids is 1. The van der Waals surface area contributed by atoms with Crippen LogP contribution in [0.3, 0.4) is 0 Å². The Bertz CT molecular complexity index is 263. The van der Waals surface area contributed by atoms with E-state index in [1.54, 1.807) is 13.8 Å². The van der Waals surface area contributed by atoms with Crippen LogP contribution in [0.5, 0.6) is 0 Å². The van der Waals surface area contributed by atoms with Crippen molar-refractivity contribution in [1.82, 2.24) is 0 Å². The topological polar surface area (TPSA) is 85.2 Å². The maximum Gasteiger partial charge on any atom is 0.335 e. The van der Waals surface area contributed by atoms with E-state index in [9.17, 15) is 9.90 Å². The molecule has 0 aromatic heterocycles. The van der Waals surface area contributed by atoms with Crippen LogP contribution >= 0.6 is 0 Å². The first-order chi connectivity index (χ1) is 6.41. The van der Waals surface area contributed by atoms with Gasteiger partial charge in [-0.15, -0.1) is 0 Å². The van der Waals surface area contributed by atoms with Crippen LogP contribution in [0.2, 0.25) is 0 Å². The van der Waals surface area contributed by atoms with E-state index in [1.807, 2.05) is 0 Å². The van der Waals surface area contributed by atoms with Gasteiger partial charge in [-0.3, -0.25) is 0 Å². The van der Waals surface area contributed by atoms with Crippen LogP contribution in [-0.2, 0) is 19.0 Å². The lowest BCUT2D eigenvalue weighted by molar-refractivity contribution is -0.219. The fraction of sp³-hybridized carbons (Fsp3) is 0.875. The van der Waals surface area contributed by atoms with Crippen molar-refractivity contribution in [3.63, 3.8) is 0 Å². The second kappa shape index (κ2) is 2.90. The van der Waals surface area contributed by atoms with E-state index in [1.165, 1.54) is 0 Å². The van der Waals surface area contributed by atoms with Crippen molar-refractivity contribution in [3.8, 4) is 0 Å². The van der Waals surface area contributed by atoms with E-state index < -0.39 is 36.4 Å². The molecule has 14 heavy (non-hydrogen) atoms. The third-order valence-corrected chi connectivity index (χ3v) is 2.26. The molecule has 0 aromatic rings. The number of aliphatic carboxylic acids is 1. The number of hydrogen-bond donors (Lipinski definition) is 2. The van der Waals surface area contributed by atoms with Crippen molar-refractivity contribution in [3.05, 3.63) is 0 Å². The van der Waals surface area contributed by atoms with Crippen molar-refractivity contribution >= 4 is 5.97 Å². The normalized spacial score (nSPS) is 45.1. The fourth-order valence-electron chi connectivity index (χ4n) is 1.70. The van der Waals surface area contributed by atoms with E-state index in [2.05, 4.69) is 0 Å². The molecule has 2 N–H and O–H groups in total. The van der Waals surface area contributed by atoms with Crippen LogP contribution in [0.25, 0.3) is 0 Å². The summed E-state index contributed by atoms with van der Waals surface area (Å²) < 4.78 is 15.6. The quantitative estimate of drug-likeness (QED) is 0.588. The van der Waals surface area contributed by atoms with E-state index in [0.29, 0.717) is 0 Å². The molecule has 2 saturated heterocycles. The maximum absolute atomic E-state index is 10.6. The molecule has 2 fully saturated rings. The Balaban J connectivity index is 2.11. The molecule has 2 aliphatic rings. The second-order valence-corrected chi connectivity index (χ2v) is 3.85. The van der Waals surface area contributed by atoms with Gasteiger partial charge in [0.15, 0.2) is 18.2 Å². The summed E-state index contributed by atoms with van der Waals surface area (Å²) in [6, 6.07) is 0. The highest BCUT2D eigenvalue weighted by Gasteiger charge is 2.56. The van der Waals surface area contributed by atoms with Gasteiger partial charge in [0.05, 0.1) is 0 Å². The van der Waals surface area contributed by atoms with Crippen molar-refractivity contribution in [1.29, 1.82) is 0 Å². The molecule has 2 rings (SSSR count). The minimum Gasteiger partial charge on any atom is -0.479 e. The van der Waals surface area contributed by atoms with Gasteiger partial charge >= 0.3 is 5.97 Å². The molecule has 0 aliphatic carbocycles. The van der Waals surface area contributed by atoms with Gasteiger partial charge in [-0.2, -0.15) is 0 Å². The highest BCUT2D eigenvalue weighted by molar-refractivity contribution is 5.73. The number of fused-ring (bicyclic) bond motifs is 1. The molecule has 2 heterocycles. The maximum atomic E-state index is 10.6. The monoisotopic (exact) mass is 204 g/mol. The largest absolute Gasteiger partial charge is 0.479 e. The van der Waals surface area contributed by atoms with Crippen LogP contribution < -0.4 is 0 Å². The van der Waals surface area contributed by atoms with Crippen LogP contribution in [0.1, 0.15) is 13.8 Å². The Hall–Kier alpha value is -0.690. The molecule has 6 heteroatoms. The number of ether oxygens (including phenoxy) is 3. The van der Waals surface area contributed by atoms with Crippen molar-refractivity contribution in [2.24, 2.45) is 0 Å². The SMILES string of the molecule is CC1(C)O[C@H]2O[C@H](C(=O)O)[C@@H](O)[C@H]2O1. The molecule has 0 aromatic carbocycles.